The van der Waals surface area contributed by atoms with Gasteiger partial charge in [-0.2, -0.15) is 0 Å². The van der Waals surface area contributed by atoms with Gasteiger partial charge in [0.2, 0.25) is 0 Å². The Morgan fingerprint density at radius 3 is 2.83 bits per heavy atom. The molecule has 2 aromatic rings. The molecule has 1 atom stereocenters. The van der Waals surface area contributed by atoms with Gasteiger partial charge < -0.3 is 14.8 Å². The molecule has 4 nitrogen and oxygen atoms in total. The van der Waals surface area contributed by atoms with E-state index in [0.717, 1.165) is 18.4 Å². The predicted octanol–water partition coefficient (Wildman–Crippen LogP) is 3.52. The van der Waals surface area contributed by atoms with Gasteiger partial charge in [-0.05, 0) is 42.7 Å². The summed E-state index contributed by atoms with van der Waals surface area (Å²) in [6.07, 6.45) is 1.31. The number of amides is 1. The fraction of sp³-hybridized carbons (Fsp3) is 0.278. The molecule has 3 rings (SSSR count). The van der Waals surface area contributed by atoms with Gasteiger partial charge in [-0.25, -0.2) is 4.39 Å². The van der Waals surface area contributed by atoms with Gasteiger partial charge in [-0.3, -0.25) is 4.79 Å². The predicted molar refractivity (Wildman–Crippen MR) is 84.8 cm³/mol. The Labute approximate surface area is 134 Å². The minimum atomic E-state index is -0.362. The maximum atomic E-state index is 12.9. The van der Waals surface area contributed by atoms with E-state index in [2.05, 4.69) is 5.32 Å². The number of nitrogens with one attached hydrogen (secondary N) is 1. The van der Waals surface area contributed by atoms with E-state index >= 15 is 0 Å². The largest absolute Gasteiger partial charge is 0.489 e. The topological polar surface area (TPSA) is 47.6 Å². The number of carbonyl (C=O) groups excluding carboxylic acids is 1. The second-order valence-electron chi connectivity index (χ2n) is 5.43. The van der Waals surface area contributed by atoms with Crippen LogP contribution in [0.2, 0.25) is 0 Å². The van der Waals surface area contributed by atoms with Crippen molar-refractivity contribution in [2.45, 2.75) is 25.6 Å². The van der Waals surface area contributed by atoms with Crippen molar-refractivity contribution in [2.24, 2.45) is 0 Å². The molecule has 0 spiro atoms. The Hall–Kier alpha value is -2.40. The van der Waals surface area contributed by atoms with Crippen LogP contribution in [0.25, 0.3) is 0 Å². The van der Waals surface area contributed by atoms with Crippen molar-refractivity contribution >= 4 is 11.6 Å². The lowest BCUT2D eigenvalue weighted by molar-refractivity contribution is -0.124. The summed E-state index contributed by atoms with van der Waals surface area (Å²) in [4.78, 5) is 12.0. The molecule has 0 saturated carbocycles. The number of anilines is 1. The number of benzene rings is 2. The first-order valence-electron chi connectivity index (χ1n) is 7.60. The van der Waals surface area contributed by atoms with Crippen LogP contribution in [0.1, 0.15) is 18.4 Å². The third kappa shape index (κ3) is 4.29. The first-order chi connectivity index (χ1) is 11.2. The van der Waals surface area contributed by atoms with Gasteiger partial charge in [0.25, 0.3) is 5.91 Å². The maximum Gasteiger partial charge on any atom is 0.253 e. The highest BCUT2D eigenvalue weighted by molar-refractivity contribution is 5.94. The van der Waals surface area contributed by atoms with Crippen molar-refractivity contribution in [3.8, 4) is 5.75 Å². The molecule has 5 heteroatoms. The van der Waals surface area contributed by atoms with E-state index in [0.29, 0.717) is 24.7 Å². The van der Waals surface area contributed by atoms with E-state index in [-0.39, 0.29) is 17.8 Å². The summed E-state index contributed by atoms with van der Waals surface area (Å²) in [6, 6.07) is 13.3. The van der Waals surface area contributed by atoms with E-state index in [4.69, 9.17) is 9.47 Å². The minimum Gasteiger partial charge on any atom is -0.489 e. The molecule has 2 aromatic carbocycles. The lowest BCUT2D eigenvalue weighted by atomic mass is 10.2. The van der Waals surface area contributed by atoms with Crippen LogP contribution in [0, 0.1) is 5.82 Å². The van der Waals surface area contributed by atoms with Gasteiger partial charge in [0, 0.05) is 18.4 Å². The van der Waals surface area contributed by atoms with Crippen LogP contribution in [0.15, 0.2) is 48.5 Å². The number of hydrogen-bond donors (Lipinski definition) is 1. The fourth-order valence-electron chi connectivity index (χ4n) is 2.42. The van der Waals surface area contributed by atoms with Crippen LogP contribution in [-0.2, 0) is 16.1 Å². The third-order valence-corrected chi connectivity index (χ3v) is 3.64. The van der Waals surface area contributed by atoms with E-state index in [9.17, 15) is 9.18 Å². The van der Waals surface area contributed by atoms with Crippen LogP contribution < -0.4 is 10.1 Å². The Kier molecular flexibility index (Phi) is 4.88. The SMILES string of the molecule is O=C(Nc1cccc(OCc2ccc(F)cc2)c1)[C@H]1CCCO1. The molecule has 1 aliphatic heterocycles. The zero-order chi connectivity index (χ0) is 16.1. The smallest absolute Gasteiger partial charge is 0.253 e. The lowest BCUT2D eigenvalue weighted by Crippen LogP contribution is -2.26. The zero-order valence-electron chi connectivity index (χ0n) is 12.6. The summed E-state index contributed by atoms with van der Waals surface area (Å²) in [5.41, 5.74) is 1.54. The van der Waals surface area contributed by atoms with Crippen LogP contribution in [0.3, 0.4) is 0 Å². The fourth-order valence-corrected chi connectivity index (χ4v) is 2.42. The molecule has 0 bridgehead atoms. The van der Waals surface area contributed by atoms with Crippen LogP contribution in [0.4, 0.5) is 10.1 Å². The summed E-state index contributed by atoms with van der Waals surface area (Å²) in [7, 11) is 0. The van der Waals surface area contributed by atoms with Gasteiger partial charge in [-0.15, -0.1) is 0 Å². The second-order valence-corrected chi connectivity index (χ2v) is 5.43. The summed E-state index contributed by atoms with van der Waals surface area (Å²) in [5, 5.41) is 2.84. The summed E-state index contributed by atoms with van der Waals surface area (Å²) in [6.45, 7) is 0.975. The highest BCUT2D eigenvalue weighted by atomic mass is 19.1. The molecule has 1 amide bonds. The van der Waals surface area contributed by atoms with Crippen LogP contribution in [-0.4, -0.2) is 18.6 Å². The van der Waals surface area contributed by atoms with E-state index in [1.165, 1.54) is 12.1 Å². The van der Waals surface area contributed by atoms with Crippen molar-refractivity contribution in [2.75, 3.05) is 11.9 Å². The van der Waals surface area contributed by atoms with E-state index in [1.54, 1.807) is 24.3 Å². The molecule has 1 fully saturated rings. The first kappa shape index (κ1) is 15.5. The molecule has 0 radical (unpaired) electrons. The van der Waals surface area contributed by atoms with E-state index in [1.807, 2.05) is 12.1 Å². The maximum absolute atomic E-state index is 12.9. The molecule has 1 aliphatic rings. The summed E-state index contributed by atoms with van der Waals surface area (Å²) in [5.74, 6) is 0.241. The van der Waals surface area contributed by atoms with Gasteiger partial charge in [0.05, 0.1) is 0 Å². The molecule has 23 heavy (non-hydrogen) atoms. The van der Waals surface area contributed by atoms with E-state index < -0.39 is 0 Å². The normalized spacial score (nSPS) is 17.0. The molecule has 0 aliphatic carbocycles. The van der Waals surface area contributed by atoms with Crippen LogP contribution in [0.5, 0.6) is 5.75 Å². The Morgan fingerprint density at radius 1 is 1.26 bits per heavy atom. The average molecular weight is 315 g/mol. The van der Waals surface area contributed by atoms with Gasteiger partial charge >= 0.3 is 0 Å². The van der Waals surface area contributed by atoms with Crippen molar-refractivity contribution in [3.63, 3.8) is 0 Å². The van der Waals surface area contributed by atoms with Crippen molar-refractivity contribution in [3.05, 3.63) is 59.9 Å². The monoisotopic (exact) mass is 315 g/mol. The Bertz CT molecular complexity index is 666. The molecule has 1 saturated heterocycles. The number of ether oxygens (including phenoxy) is 2. The van der Waals surface area contributed by atoms with Gasteiger partial charge in [0.15, 0.2) is 0 Å². The quantitative estimate of drug-likeness (QED) is 0.918. The number of carbonyl (C=O) groups is 1. The third-order valence-electron chi connectivity index (χ3n) is 3.64. The molecular weight excluding hydrogens is 297 g/mol. The first-order valence-corrected chi connectivity index (χ1v) is 7.60. The molecular formula is C18H18FNO3. The summed E-state index contributed by atoms with van der Waals surface area (Å²) >= 11 is 0. The van der Waals surface area contributed by atoms with Crippen molar-refractivity contribution < 1.29 is 18.7 Å². The Morgan fingerprint density at radius 2 is 2.09 bits per heavy atom. The molecule has 120 valence electrons. The van der Waals surface area contributed by atoms with Gasteiger partial charge in [-0.1, -0.05) is 18.2 Å². The highest BCUT2D eigenvalue weighted by Crippen LogP contribution is 2.20. The Balaban J connectivity index is 1.58. The number of hydrogen-bond acceptors (Lipinski definition) is 3. The molecule has 1 N–H and O–H groups in total. The van der Waals surface area contributed by atoms with Crippen LogP contribution >= 0.6 is 0 Å². The number of rotatable bonds is 5. The average Bonchev–Trinajstić information content (AvgIpc) is 3.09. The minimum absolute atomic E-state index is 0.127. The van der Waals surface area contributed by atoms with Crippen molar-refractivity contribution in [1.29, 1.82) is 0 Å². The second kappa shape index (κ2) is 7.24. The highest BCUT2D eigenvalue weighted by Gasteiger charge is 2.23. The summed E-state index contributed by atoms with van der Waals surface area (Å²) < 4.78 is 23.9. The standard InChI is InChI=1S/C18H18FNO3/c19-14-8-6-13(7-9-14)12-23-16-4-1-3-15(11-16)20-18(21)17-5-2-10-22-17/h1,3-4,6-9,11,17H,2,5,10,12H2,(H,20,21)/t17-/m1/s1. The van der Waals surface area contributed by atoms with Gasteiger partial charge in [0.1, 0.15) is 24.3 Å². The van der Waals surface area contributed by atoms with Crippen molar-refractivity contribution in [1.82, 2.24) is 0 Å². The number of halogens is 1. The molecule has 0 unspecified atom stereocenters. The molecule has 0 aromatic heterocycles. The molecule has 1 heterocycles. The lowest BCUT2D eigenvalue weighted by Gasteiger charge is -2.12. The zero-order valence-corrected chi connectivity index (χ0v) is 12.6.